The van der Waals surface area contributed by atoms with E-state index < -0.39 is 0 Å². The Kier molecular flexibility index (Phi) is 4.84. The van der Waals surface area contributed by atoms with Gasteiger partial charge in [0.1, 0.15) is 5.60 Å². The molecule has 17 heavy (non-hydrogen) atoms. The van der Waals surface area contributed by atoms with Gasteiger partial charge in [-0.05, 0) is 51.9 Å². The van der Waals surface area contributed by atoms with Crippen molar-refractivity contribution in [2.75, 3.05) is 13.1 Å². The monoisotopic (exact) mass is 241 g/mol. The molecule has 3 nitrogen and oxygen atoms in total. The van der Waals surface area contributed by atoms with Gasteiger partial charge in [-0.3, -0.25) is 0 Å². The van der Waals surface area contributed by atoms with Crippen molar-refractivity contribution >= 4 is 6.09 Å². The lowest BCUT2D eigenvalue weighted by Crippen LogP contribution is -2.41. The van der Waals surface area contributed by atoms with E-state index in [9.17, 15) is 4.79 Å². The standard InChI is InChI=1S/C14H27NO2/c1-11(2)10-12-6-8-15(9-7-12)13(16)17-14(3,4)5/h11-12H,6-10H2,1-5H3. The van der Waals surface area contributed by atoms with Crippen molar-refractivity contribution in [3.8, 4) is 0 Å². The third-order valence-corrected chi connectivity index (χ3v) is 3.07. The molecule has 0 aliphatic carbocycles. The zero-order valence-electron chi connectivity index (χ0n) is 12.0. The molecule has 1 aliphatic rings. The molecule has 0 aromatic rings. The van der Waals surface area contributed by atoms with Crippen LogP contribution in [0.25, 0.3) is 0 Å². The highest BCUT2D eigenvalue weighted by Gasteiger charge is 2.26. The summed E-state index contributed by atoms with van der Waals surface area (Å²) in [7, 11) is 0. The topological polar surface area (TPSA) is 29.5 Å². The summed E-state index contributed by atoms with van der Waals surface area (Å²) in [6.45, 7) is 12.0. The molecule has 1 saturated heterocycles. The number of likely N-dealkylation sites (tertiary alicyclic amines) is 1. The van der Waals surface area contributed by atoms with Crippen molar-refractivity contribution in [2.45, 2.75) is 59.5 Å². The maximum atomic E-state index is 11.8. The van der Waals surface area contributed by atoms with E-state index in [1.54, 1.807) is 0 Å². The van der Waals surface area contributed by atoms with Gasteiger partial charge >= 0.3 is 6.09 Å². The van der Waals surface area contributed by atoms with Gasteiger partial charge in [0.25, 0.3) is 0 Å². The number of carbonyl (C=O) groups is 1. The van der Waals surface area contributed by atoms with Gasteiger partial charge in [0.2, 0.25) is 0 Å². The van der Waals surface area contributed by atoms with Gasteiger partial charge in [-0.1, -0.05) is 13.8 Å². The number of rotatable bonds is 2. The van der Waals surface area contributed by atoms with Crippen LogP contribution in [0.2, 0.25) is 0 Å². The molecule has 100 valence electrons. The number of nitrogens with zero attached hydrogens (tertiary/aromatic N) is 1. The molecule has 1 aliphatic heterocycles. The molecule has 1 heterocycles. The van der Waals surface area contributed by atoms with E-state index in [0.29, 0.717) is 0 Å². The summed E-state index contributed by atoms with van der Waals surface area (Å²) < 4.78 is 5.38. The number of amides is 1. The first-order chi connectivity index (χ1) is 7.78. The molecule has 0 unspecified atom stereocenters. The Hall–Kier alpha value is -0.730. The maximum absolute atomic E-state index is 11.8. The van der Waals surface area contributed by atoms with Crippen LogP contribution in [-0.4, -0.2) is 29.7 Å². The van der Waals surface area contributed by atoms with E-state index in [0.717, 1.165) is 37.8 Å². The highest BCUT2D eigenvalue weighted by atomic mass is 16.6. The average molecular weight is 241 g/mol. The SMILES string of the molecule is CC(C)CC1CCN(C(=O)OC(C)(C)C)CC1. The van der Waals surface area contributed by atoms with Gasteiger partial charge < -0.3 is 9.64 Å². The number of hydrogen-bond acceptors (Lipinski definition) is 2. The van der Waals surface area contributed by atoms with Crippen LogP contribution in [0.3, 0.4) is 0 Å². The smallest absolute Gasteiger partial charge is 0.410 e. The molecule has 0 aromatic carbocycles. The molecule has 0 radical (unpaired) electrons. The molecule has 1 rings (SSSR count). The van der Waals surface area contributed by atoms with Crippen LogP contribution in [0.15, 0.2) is 0 Å². The summed E-state index contributed by atoms with van der Waals surface area (Å²) in [5.41, 5.74) is -0.383. The molecular weight excluding hydrogens is 214 g/mol. The summed E-state index contributed by atoms with van der Waals surface area (Å²) in [5, 5.41) is 0. The lowest BCUT2D eigenvalue weighted by atomic mass is 9.89. The Morgan fingerprint density at radius 2 is 1.82 bits per heavy atom. The molecule has 0 aromatic heterocycles. The number of piperidine rings is 1. The van der Waals surface area contributed by atoms with Crippen LogP contribution < -0.4 is 0 Å². The normalized spacial score (nSPS) is 18.6. The van der Waals surface area contributed by atoms with Crippen molar-refractivity contribution in [3.05, 3.63) is 0 Å². The summed E-state index contributed by atoms with van der Waals surface area (Å²) in [6, 6.07) is 0. The second kappa shape index (κ2) is 5.74. The van der Waals surface area contributed by atoms with E-state index in [1.807, 2.05) is 25.7 Å². The fraction of sp³-hybridized carbons (Fsp3) is 0.929. The van der Waals surface area contributed by atoms with Gasteiger partial charge in [0, 0.05) is 13.1 Å². The molecule has 0 N–H and O–H groups in total. The van der Waals surface area contributed by atoms with Crippen molar-refractivity contribution < 1.29 is 9.53 Å². The minimum Gasteiger partial charge on any atom is -0.444 e. The van der Waals surface area contributed by atoms with Gasteiger partial charge in [0.15, 0.2) is 0 Å². The molecular formula is C14H27NO2. The Morgan fingerprint density at radius 1 is 1.29 bits per heavy atom. The van der Waals surface area contributed by atoms with Crippen molar-refractivity contribution in [3.63, 3.8) is 0 Å². The number of carbonyl (C=O) groups excluding carboxylic acids is 1. The van der Waals surface area contributed by atoms with Gasteiger partial charge in [-0.25, -0.2) is 4.79 Å². The Labute approximate surface area is 106 Å². The summed E-state index contributed by atoms with van der Waals surface area (Å²) in [4.78, 5) is 13.7. The Balaban J connectivity index is 2.34. The van der Waals surface area contributed by atoms with Gasteiger partial charge in [0.05, 0.1) is 0 Å². The third-order valence-electron chi connectivity index (χ3n) is 3.07. The molecule has 0 bridgehead atoms. The molecule has 0 atom stereocenters. The van der Waals surface area contributed by atoms with Crippen molar-refractivity contribution in [1.82, 2.24) is 4.90 Å². The van der Waals surface area contributed by atoms with E-state index in [4.69, 9.17) is 4.74 Å². The van der Waals surface area contributed by atoms with Crippen molar-refractivity contribution in [2.24, 2.45) is 11.8 Å². The summed E-state index contributed by atoms with van der Waals surface area (Å²) in [6.07, 6.45) is 3.37. The Morgan fingerprint density at radius 3 is 2.24 bits per heavy atom. The second-order valence-electron chi connectivity index (χ2n) is 6.54. The zero-order chi connectivity index (χ0) is 13.1. The lowest BCUT2D eigenvalue weighted by Gasteiger charge is -2.34. The highest BCUT2D eigenvalue weighted by molar-refractivity contribution is 5.68. The average Bonchev–Trinajstić information content (AvgIpc) is 2.15. The van der Waals surface area contributed by atoms with Crippen molar-refractivity contribution in [1.29, 1.82) is 0 Å². The molecule has 1 amide bonds. The lowest BCUT2D eigenvalue weighted by molar-refractivity contribution is 0.0177. The van der Waals surface area contributed by atoms with Crippen LogP contribution in [0.1, 0.15) is 53.9 Å². The minimum atomic E-state index is -0.383. The molecule has 0 spiro atoms. The Bertz CT molecular complexity index is 247. The first kappa shape index (κ1) is 14.3. The van der Waals surface area contributed by atoms with E-state index in [-0.39, 0.29) is 11.7 Å². The number of ether oxygens (including phenoxy) is 1. The zero-order valence-corrected chi connectivity index (χ0v) is 12.0. The predicted octanol–water partition coefficient (Wildman–Crippen LogP) is 3.68. The summed E-state index contributed by atoms with van der Waals surface area (Å²) in [5.74, 6) is 1.54. The van der Waals surface area contributed by atoms with Crippen LogP contribution in [0, 0.1) is 11.8 Å². The van der Waals surface area contributed by atoms with E-state index in [1.165, 1.54) is 6.42 Å². The van der Waals surface area contributed by atoms with Gasteiger partial charge in [-0.2, -0.15) is 0 Å². The van der Waals surface area contributed by atoms with Crippen LogP contribution in [0.4, 0.5) is 4.79 Å². The number of hydrogen-bond donors (Lipinski definition) is 0. The maximum Gasteiger partial charge on any atom is 0.410 e. The quantitative estimate of drug-likeness (QED) is 0.738. The second-order valence-corrected chi connectivity index (χ2v) is 6.54. The van der Waals surface area contributed by atoms with E-state index in [2.05, 4.69) is 13.8 Å². The molecule has 3 heteroatoms. The van der Waals surface area contributed by atoms with E-state index >= 15 is 0 Å². The summed E-state index contributed by atoms with van der Waals surface area (Å²) >= 11 is 0. The van der Waals surface area contributed by atoms with Gasteiger partial charge in [-0.15, -0.1) is 0 Å². The van der Waals surface area contributed by atoms with Crippen LogP contribution >= 0.6 is 0 Å². The highest BCUT2D eigenvalue weighted by Crippen LogP contribution is 2.24. The van der Waals surface area contributed by atoms with Crippen LogP contribution in [-0.2, 0) is 4.74 Å². The molecule has 0 saturated carbocycles. The van der Waals surface area contributed by atoms with Crippen LogP contribution in [0.5, 0.6) is 0 Å². The fourth-order valence-corrected chi connectivity index (χ4v) is 2.34. The molecule has 1 fully saturated rings. The first-order valence-corrected chi connectivity index (χ1v) is 6.76. The third kappa shape index (κ3) is 5.42. The predicted molar refractivity (Wildman–Crippen MR) is 70.0 cm³/mol. The minimum absolute atomic E-state index is 0.152. The first-order valence-electron chi connectivity index (χ1n) is 6.76. The fourth-order valence-electron chi connectivity index (χ4n) is 2.34. The largest absolute Gasteiger partial charge is 0.444 e.